The minimum absolute atomic E-state index is 0.434. The number of hydrogen-bond acceptors (Lipinski definition) is 1. The maximum Gasteiger partial charge on any atom is 0.119 e. The average molecular weight is 272 g/mol. The first-order valence-corrected chi connectivity index (χ1v) is 7.94. The highest BCUT2D eigenvalue weighted by atomic mass is 16.3. The third-order valence-electron chi connectivity index (χ3n) is 4.95. The Morgan fingerprint density at radius 3 is 2.50 bits per heavy atom. The molecule has 0 radical (unpaired) electrons. The Morgan fingerprint density at radius 1 is 1.15 bits per heavy atom. The molecule has 0 saturated carbocycles. The molecule has 0 bridgehead atoms. The lowest BCUT2D eigenvalue weighted by Gasteiger charge is -2.20. The summed E-state index contributed by atoms with van der Waals surface area (Å²) in [7, 11) is 0. The fraction of sp³-hybridized carbons (Fsp3) is 0.579. The first kappa shape index (κ1) is 15.2. The Balaban J connectivity index is 2.53. The molecule has 0 amide bonds. The van der Waals surface area contributed by atoms with Crippen molar-refractivity contribution >= 4 is 5.57 Å². The van der Waals surface area contributed by atoms with Gasteiger partial charge in [0.2, 0.25) is 0 Å². The summed E-state index contributed by atoms with van der Waals surface area (Å²) in [6.07, 6.45) is 5.08. The average Bonchev–Trinajstić information content (AvgIpc) is 2.53. The molecule has 110 valence electrons. The molecule has 2 unspecified atom stereocenters. The van der Waals surface area contributed by atoms with Crippen LogP contribution in [0.15, 0.2) is 17.7 Å². The highest BCUT2D eigenvalue weighted by molar-refractivity contribution is 5.74. The summed E-state index contributed by atoms with van der Waals surface area (Å²) in [5, 5.41) is 10.1. The molecular formula is C19H28O. The van der Waals surface area contributed by atoms with E-state index in [9.17, 15) is 5.11 Å². The molecule has 0 fully saturated rings. The van der Waals surface area contributed by atoms with Crippen molar-refractivity contribution in [2.45, 2.75) is 60.3 Å². The minimum atomic E-state index is 0.434. The van der Waals surface area contributed by atoms with Gasteiger partial charge in [-0.2, -0.15) is 0 Å². The van der Waals surface area contributed by atoms with E-state index in [1.165, 1.54) is 42.4 Å². The summed E-state index contributed by atoms with van der Waals surface area (Å²) < 4.78 is 0. The SMILES string of the molecule is CCC1CCC(C)C(c2cc(C)cc(O)c2C)=C(C)C1. The minimum Gasteiger partial charge on any atom is -0.508 e. The number of phenols is 1. The summed E-state index contributed by atoms with van der Waals surface area (Å²) in [6, 6.07) is 4.11. The number of benzene rings is 1. The molecule has 1 aliphatic rings. The Labute approximate surface area is 123 Å². The van der Waals surface area contributed by atoms with E-state index in [0.717, 1.165) is 17.0 Å². The van der Waals surface area contributed by atoms with Crippen molar-refractivity contribution in [1.29, 1.82) is 0 Å². The van der Waals surface area contributed by atoms with Crippen molar-refractivity contribution in [3.8, 4) is 5.75 Å². The van der Waals surface area contributed by atoms with E-state index in [1.54, 1.807) is 0 Å². The van der Waals surface area contributed by atoms with Crippen LogP contribution in [0.1, 0.15) is 63.1 Å². The fourth-order valence-electron chi connectivity index (χ4n) is 3.66. The Hall–Kier alpha value is -1.24. The Kier molecular flexibility index (Phi) is 4.57. The van der Waals surface area contributed by atoms with Crippen molar-refractivity contribution in [3.63, 3.8) is 0 Å². The number of allylic oxidation sites excluding steroid dienone is 2. The van der Waals surface area contributed by atoms with E-state index in [4.69, 9.17) is 0 Å². The van der Waals surface area contributed by atoms with Crippen molar-refractivity contribution in [2.24, 2.45) is 11.8 Å². The van der Waals surface area contributed by atoms with E-state index in [2.05, 4.69) is 33.8 Å². The molecule has 1 nitrogen and oxygen atoms in total. The van der Waals surface area contributed by atoms with Gasteiger partial charge in [-0.1, -0.05) is 31.9 Å². The monoisotopic (exact) mass is 272 g/mol. The molecule has 20 heavy (non-hydrogen) atoms. The van der Waals surface area contributed by atoms with Gasteiger partial charge in [-0.3, -0.25) is 0 Å². The molecule has 0 aromatic heterocycles. The fourth-order valence-corrected chi connectivity index (χ4v) is 3.66. The van der Waals surface area contributed by atoms with Gasteiger partial charge in [0.1, 0.15) is 5.75 Å². The van der Waals surface area contributed by atoms with Crippen molar-refractivity contribution < 1.29 is 5.11 Å². The van der Waals surface area contributed by atoms with Crippen LogP contribution in [0.25, 0.3) is 5.57 Å². The normalized spacial score (nSPS) is 23.9. The predicted octanol–water partition coefficient (Wildman–Crippen LogP) is 5.63. The Morgan fingerprint density at radius 2 is 1.85 bits per heavy atom. The molecule has 0 aliphatic heterocycles. The molecule has 1 heteroatoms. The maximum absolute atomic E-state index is 10.1. The molecule has 0 spiro atoms. The van der Waals surface area contributed by atoms with Crippen molar-refractivity contribution in [3.05, 3.63) is 34.4 Å². The molecule has 2 atom stereocenters. The number of aromatic hydroxyl groups is 1. The van der Waals surface area contributed by atoms with Gasteiger partial charge < -0.3 is 5.11 Å². The smallest absolute Gasteiger partial charge is 0.119 e. The van der Waals surface area contributed by atoms with Crippen LogP contribution in [0.5, 0.6) is 5.75 Å². The summed E-state index contributed by atoms with van der Waals surface area (Å²) in [5.41, 5.74) is 6.45. The van der Waals surface area contributed by atoms with E-state index >= 15 is 0 Å². The highest BCUT2D eigenvalue weighted by Gasteiger charge is 2.23. The van der Waals surface area contributed by atoms with Crippen LogP contribution in [-0.2, 0) is 0 Å². The van der Waals surface area contributed by atoms with Gasteiger partial charge in [0.25, 0.3) is 0 Å². The molecule has 1 aliphatic carbocycles. The van der Waals surface area contributed by atoms with Crippen LogP contribution in [-0.4, -0.2) is 5.11 Å². The summed E-state index contributed by atoms with van der Waals surface area (Å²) >= 11 is 0. The second-order valence-corrected chi connectivity index (χ2v) is 6.61. The van der Waals surface area contributed by atoms with Crippen LogP contribution >= 0.6 is 0 Å². The number of aryl methyl sites for hydroxylation is 1. The molecule has 2 rings (SSSR count). The number of rotatable bonds is 2. The second-order valence-electron chi connectivity index (χ2n) is 6.61. The highest BCUT2D eigenvalue weighted by Crippen LogP contribution is 2.41. The first-order chi connectivity index (χ1) is 9.43. The zero-order valence-corrected chi connectivity index (χ0v) is 13.6. The first-order valence-electron chi connectivity index (χ1n) is 7.94. The zero-order chi connectivity index (χ0) is 14.9. The van der Waals surface area contributed by atoms with Crippen LogP contribution in [0.2, 0.25) is 0 Å². The van der Waals surface area contributed by atoms with E-state index < -0.39 is 0 Å². The third-order valence-corrected chi connectivity index (χ3v) is 4.95. The predicted molar refractivity (Wildman–Crippen MR) is 87.0 cm³/mol. The van der Waals surface area contributed by atoms with Gasteiger partial charge in [0.15, 0.2) is 0 Å². The van der Waals surface area contributed by atoms with Crippen LogP contribution < -0.4 is 0 Å². The van der Waals surface area contributed by atoms with Gasteiger partial charge >= 0.3 is 0 Å². The molecule has 1 aromatic rings. The standard InChI is InChI=1S/C19H28O/c1-6-16-8-7-13(3)19(14(4)11-16)17-9-12(2)10-18(20)15(17)5/h9-10,13,16,20H,6-8,11H2,1-5H3. The Bertz CT molecular complexity index is 525. The van der Waals surface area contributed by atoms with Crippen molar-refractivity contribution in [2.75, 3.05) is 0 Å². The van der Waals surface area contributed by atoms with E-state index in [-0.39, 0.29) is 0 Å². The third kappa shape index (κ3) is 2.92. The molecule has 1 aromatic carbocycles. The quantitative estimate of drug-likeness (QED) is 0.740. The van der Waals surface area contributed by atoms with Crippen LogP contribution in [0, 0.1) is 25.7 Å². The lowest BCUT2D eigenvalue weighted by atomic mass is 9.85. The van der Waals surface area contributed by atoms with Gasteiger partial charge in [-0.05, 0) is 80.2 Å². The zero-order valence-electron chi connectivity index (χ0n) is 13.6. The van der Waals surface area contributed by atoms with Gasteiger partial charge in [-0.25, -0.2) is 0 Å². The molecule has 0 heterocycles. The van der Waals surface area contributed by atoms with E-state index in [0.29, 0.717) is 11.7 Å². The second kappa shape index (κ2) is 6.03. The van der Waals surface area contributed by atoms with E-state index in [1.807, 2.05) is 13.0 Å². The summed E-state index contributed by atoms with van der Waals surface area (Å²) in [4.78, 5) is 0. The lowest BCUT2D eigenvalue weighted by Crippen LogP contribution is -2.02. The maximum atomic E-state index is 10.1. The van der Waals surface area contributed by atoms with Crippen molar-refractivity contribution in [1.82, 2.24) is 0 Å². The largest absolute Gasteiger partial charge is 0.508 e. The van der Waals surface area contributed by atoms with Gasteiger partial charge in [-0.15, -0.1) is 0 Å². The van der Waals surface area contributed by atoms with Crippen LogP contribution in [0.4, 0.5) is 0 Å². The molecular weight excluding hydrogens is 244 g/mol. The lowest BCUT2D eigenvalue weighted by molar-refractivity contribution is 0.442. The topological polar surface area (TPSA) is 20.2 Å². The van der Waals surface area contributed by atoms with Gasteiger partial charge in [0, 0.05) is 0 Å². The van der Waals surface area contributed by atoms with Gasteiger partial charge in [0.05, 0.1) is 0 Å². The molecule has 0 saturated heterocycles. The summed E-state index contributed by atoms with van der Waals surface area (Å²) in [6.45, 7) is 11.0. The number of phenolic OH excluding ortho intramolecular Hbond substituents is 1. The summed E-state index contributed by atoms with van der Waals surface area (Å²) in [5.74, 6) is 1.85. The van der Waals surface area contributed by atoms with Crippen LogP contribution in [0.3, 0.4) is 0 Å². The number of hydrogen-bond donors (Lipinski definition) is 1. The molecule has 1 N–H and O–H groups in total.